The molecule has 0 bridgehead atoms. The highest BCUT2D eigenvalue weighted by Gasteiger charge is 2.04. The molecule has 28 heavy (non-hydrogen) atoms. The zero-order valence-electron chi connectivity index (χ0n) is 15.1. The van der Waals surface area contributed by atoms with Gasteiger partial charge in [0.25, 0.3) is 5.91 Å². The second-order valence-corrected chi connectivity index (χ2v) is 6.35. The van der Waals surface area contributed by atoms with Crippen LogP contribution in [0.25, 0.3) is 0 Å². The number of para-hydroxylation sites is 2. The third-order valence-corrected chi connectivity index (χ3v) is 4.19. The van der Waals surface area contributed by atoms with E-state index in [9.17, 15) is 4.79 Å². The number of hydrazone groups is 1. The zero-order valence-corrected chi connectivity index (χ0v) is 15.9. The predicted molar refractivity (Wildman–Crippen MR) is 113 cm³/mol. The minimum absolute atomic E-state index is 0.0627. The van der Waals surface area contributed by atoms with Gasteiger partial charge in [0, 0.05) is 5.56 Å². The molecule has 3 rings (SSSR count). The number of hydrogen-bond acceptors (Lipinski definition) is 4. The standard InChI is InChI=1S/C22H20ClN3O2/c23-19-11-5-6-12-20(19)24-15-22(27)26-25-14-18-10-4-7-13-21(18)28-16-17-8-2-1-3-9-17/h1-14,24H,15-16H2,(H,26,27)/b25-14+. The summed E-state index contributed by atoms with van der Waals surface area (Å²) in [5.41, 5.74) is 5.04. The normalized spacial score (nSPS) is 10.6. The predicted octanol–water partition coefficient (Wildman–Crippen LogP) is 4.48. The lowest BCUT2D eigenvalue weighted by Gasteiger charge is -2.09. The Kier molecular flexibility index (Phi) is 7.04. The van der Waals surface area contributed by atoms with Crippen LogP contribution in [0.15, 0.2) is 84.0 Å². The maximum atomic E-state index is 12.0. The molecule has 0 aliphatic carbocycles. The summed E-state index contributed by atoms with van der Waals surface area (Å²) < 4.78 is 5.87. The second kappa shape index (κ2) is 10.1. The highest BCUT2D eigenvalue weighted by Crippen LogP contribution is 2.20. The molecule has 0 radical (unpaired) electrons. The number of amides is 1. The summed E-state index contributed by atoms with van der Waals surface area (Å²) in [7, 11) is 0. The quantitative estimate of drug-likeness (QED) is 0.438. The molecular weight excluding hydrogens is 374 g/mol. The lowest BCUT2D eigenvalue weighted by atomic mass is 10.2. The molecule has 6 heteroatoms. The number of ether oxygens (including phenoxy) is 1. The van der Waals surface area contributed by atoms with Gasteiger partial charge in [-0.05, 0) is 29.8 Å². The van der Waals surface area contributed by atoms with Crippen molar-refractivity contribution >= 4 is 29.4 Å². The van der Waals surface area contributed by atoms with Crippen LogP contribution in [0.3, 0.4) is 0 Å². The summed E-state index contributed by atoms with van der Waals surface area (Å²) in [4.78, 5) is 12.0. The Morgan fingerprint density at radius 2 is 1.68 bits per heavy atom. The van der Waals surface area contributed by atoms with Gasteiger partial charge < -0.3 is 10.1 Å². The van der Waals surface area contributed by atoms with Gasteiger partial charge in [0.05, 0.1) is 23.5 Å². The highest BCUT2D eigenvalue weighted by atomic mass is 35.5. The van der Waals surface area contributed by atoms with E-state index in [4.69, 9.17) is 16.3 Å². The summed E-state index contributed by atoms with van der Waals surface area (Å²) in [6.07, 6.45) is 1.56. The number of anilines is 1. The summed E-state index contributed by atoms with van der Waals surface area (Å²) in [6.45, 7) is 0.521. The van der Waals surface area contributed by atoms with Gasteiger partial charge in [-0.25, -0.2) is 5.43 Å². The van der Waals surface area contributed by atoms with Gasteiger partial charge >= 0.3 is 0 Å². The average Bonchev–Trinajstić information content (AvgIpc) is 2.73. The van der Waals surface area contributed by atoms with Gasteiger partial charge in [-0.1, -0.05) is 66.2 Å². The van der Waals surface area contributed by atoms with Gasteiger partial charge in [-0.3, -0.25) is 4.79 Å². The number of halogens is 1. The molecule has 1 amide bonds. The van der Waals surface area contributed by atoms with Gasteiger partial charge in [0.1, 0.15) is 12.4 Å². The summed E-state index contributed by atoms with van der Waals surface area (Å²) >= 11 is 6.05. The maximum Gasteiger partial charge on any atom is 0.259 e. The minimum Gasteiger partial charge on any atom is -0.488 e. The lowest BCUT2D eigenvalue weighted by molar-refractivity contribution is -0.119. The number of nitrogens with one attached hydrogen (secondary N) is 2. The fourth-order valence-electron chi connectivity index (χ4n) is 2.45. The number of hydrogen-bond donors (Lipinski definition) is 2. The molecule has 0 fully saturated rings. The Balaban J connectivity index is 1.52. The molecule has 0 aliphatic heterocycles. The van der Waals surface area contributed by atoms with Crippen molar-refractivity contribution in [3.05, 3.63) is 95.0 Å². The Morgan fingerprint density at radius 3 is 2.50 bits per heavy atom. The third kappa shape index (κ3) is 5.86. The topological polar surface area (TPSA) is 62.7 Å². The summed E-state index contributed by atoms with van der Waals surface area (Å²) in [6, 6.07) is 24.7. The van der Waals surface area contributed by atoms with Crippen molar-refractivity contribution < 1.29 is 9.53 Å². The van der Waals surface area contributed by atoms with E-state index in [1.165, 1.54) is 0 Å². The summed E-state index contributed by atoms with van der Waals surface area (Å²) in [5, 5.41) is 7.54. The van der Waals surface area contributed by atoms with Crippen molar-refractivity contribution in [2.45, 2.75) is 6.61 Å². The SMILES string of the molecule is O=C(CNc1ccccc1Cl)N/N=C/c1ccccc1OCc1ccccc1. The molecule has 5 nitrogen and oxygen atoms in total. The van der Waals surface area contributed by atoms with Crippen LogP contribution in [0.5, 0.6) is 5.75 Å². The lowest BCUT2D eigenvalue weighted by Crippen LogP contribution is -2.26. The summed E-state index contributed by atoms with van der Waals surface area (Å²) in [5.74, 6) is 0.414. The first kappa shape index (κ1) is 19.5. The van der Waals surface area contributed by atoms with Crippen LogP contribution >= 0.6 is 11.6 Å². The first-order valence-electron chi connectivity index (χ1n) is 8.78. The van der Waals surface area contributed by atoms with E-state index in [1.54, 1.807) is 18.3 Å². The van der Waals surface area contributed by atoms with Gasteiger partial charge in [-0.2, -0.15) is 5.10 Å². The average molecular weight is 394 g/mol. The molecule has 3 aromatic carbocycles. The second-order valence-electron chi connectivity index (χ2n) is 5.94. The van der Waals surface area contributed by atoms with E-state index in [1.807, 2.05) is 66.7 Å². The number of carbonyl (C=O) groups excluding carboxylic acids is 1. The van der Waals surface area contributed by atoms with E-state index in [0.717, 1.165) is 11.1 Å². The van der Waals surface area contributed by atoms with Crippen LogP contribution in [-0.4, -0.2) is 18.7 Å². The number of carbonyl (C=O) groups is 1. The molecule has 142 valence electrons. The monoisotopic (exact) mass is 393 g/mol. The largest absolute Gasteiger partial charge is 0.488 e. The van der Waals surface area contributed by atoms with Crippen molar-refractivity contribution in [2.24, 2.45) is 5.10 Å². The van der Waals surface area contributed by atoms with E-state index < -0.39 is 0 Å². The van der Waals surface area contributed by atoms with E-state index in [2.05, 4.69) is 15.8 Å². The van der Waals surface area contributed by atoms with Gasteiger partial charge in [-0.15, -0.1) is 0 Å². The van der Waals surface area contributed by atoms with Gasteiger partial charge in [0.15, 0.2) is 0 Å². The van der Waals surface area contributed by atoms with Crippen LogP contribution in [0, 0.1) is 0 Å². The molecule has 0 spiro atoms. The molecule has 0 saturated carbocycles. The minimum atomic E-state index is -0.279. The van der Waals surface area contributed by atoms with E-state index >= 15 is 0 Å². The highest BCUT2D eigenvalue weighted by molar-refractivity contribution is 6.33. The molecule has 0 aliphatic rings. The molecule has 0 atom stereocenters. The third-order valence-electron chi connectivity index (χ3n) is 3.86. The van der Waals surface area contributed by atoms with E-state index in [0.29, 0.717) is 23.1 Å². The van der Waals surface area contributed by atoms with Crippen LogP contribution in [0.4, 0.5) is 5.69 Å². The van der Waals surface area contributed by atoms with Gasteiger partial charge in [0.2, 0.25) is 0 Å². The van der Waals surface area contributed by atoms with Crippen LogP contribution < -0.4 is 15.5 Å². The first-order chi connectivity index (χ1) is 13.7. The molecule has 0 unspecified atom stereocenters. The molecule has 0 aromatic heterocycles. The van der Waals surface area contributed by atoms with Crippen molar-refractivity contribution in [1.82, 2.24) is 5.43 Å². The van der Waals surface area contributed by atoms with E-state index in [-0.39, 0.29) is 12.5 Å². The zero-order chi connectivity index (χ0) is 19.6. The van der Waals surface area contributed by atoms with Crippen LogP contribution in [0.2, 0.25) is 5.02 Å². The van der Waals surface area contributed by atoms with Crippen molar-refractivity contribution in [3.8, 4) is 5.75 Å². The fraction of sp³-hybridized carbons (Fsp3) is 0.0909. The Labute approximate surface area is 169 Å². The fourth-order valence-corrected chi connectivity index (χ4v) is 2.65. The molecule has 0 heterocycles. The number of benzene rings is 3. The maximum absolute atomic E-state index is 12.0. The molecule has 2 N–H and O–H groups in total. The van der Waals surface area contributed by atoms with Crippen LogP contribution in [-0.2, 0) is 11.4 Å². The molecular formula is C22H20ClN3O2. The number of rotatable bonds is 8. The Hall–Kier alpha value is -3.31. The number of nitrogens with zero attached hydrogens (tertiary/aromatic N) is 1. The molecule has 0 saturated heterocycles. The van der Waals surface area contributed by atoms with Crippen molar-refractivity contribution in [3.63, 3.8) is 0 Å². The van der Waals surface area contributed by atoms with Crippen LogP contribution in [0.1, 0.15) is 11.1 Å². The Bertz CT molecular complexity index is 945. The van der Waals surface area contributed by atoms with Crippen molar-refractivity contribution in [1.29, 1.82) is 0 Å². The smallest absolute Gasteiger partial charge is 0.259 e. The van der Waals surface area contributed by atoms with Crippen molar-refractivity contribution in [2.75, 3.05) is 11.9 Å². The Morgan fingerprint density at radius 1 is 0.964 bits per heavy atom. The molecule has 3 aromatic rings. The first-order valence-corrected chi connectivity index (χ1v) is 9.16.